The maximum Gasteiger partial charge on any atom is 0.222 e. The second-order valence-corrected chi connectivity index (χ2v) is 5.97. The van der Waals surface area contributed by atoms with Gasteiger partial charge in [-0.3, -0.25) is 4.79 Å². The van der Waals surface area contributed by atoms with Gasteiger partial charge in [-0.05, 0) is 51.6 Å². The lowest BCUT2D eigenvalue weighted by atomic mass is 10.00. The van der Waals surface area contributed by atoms with E-state index in [4.69, 9.17) is 4.74 Å². The second-order valence-electron chi connectivity index (χ2n) is 5.97. The van der Waals surface area contributed by atoms with E-state index in [2.05, 4.69) is 17.6 Å². The smallest absolute Gasteiger partial charge is 0.222 e. The Labute approximate surface area is 116 Å². The standard InChI is InChI=1S/C15H28N2O2/c1-12(13-4-2-3-5-13)17-15(18)8-11-19-14-6-9-16-10-7-14/h12-14,16H,2-11H2,1H3,(H,17,18). The molecule has 0 radical (unpaired) electrons. The SMILES string of the molecule is CC(NC(=O)CCOC1CCNCC1)C1CCCC1. The van der Waals surface area contributed by atoms with Crippen LogP contribution in [0.1, 0.15) is 51.9 Å². The normalized spacial score (nSPS) is 23.4. The Morgan fingerprint density at radius 2 is 1.95 bits per heavy atom. The number of hydrogen-bond acceptors (Lipinski definition) is 3. The van der Waals surface area contributed by atoms with E-state index in [-0.39, 0.29) is 5.91 Å². The van der Waals surface area contributed by atoms with Gasteiger partial charge >= 0.3 is 0 Å². The van der Waals surface area contributed by atoms with Gasteiger partial charge in [-0.1, -0.05) is 12.8 Å². The molecule has 110 valence electrons. The van der Waals surface area contributed by atoms with Crippen LogP contribution in [0.3, 0.4) is 0 Å². The van der Waals surface area contributed by atoms with Crippen LogP contribution >= 0.6 is 0 Å². The molecule has 1 amide bonds. The Morgan fingerprint density at radius 3 is 2.63 bits per heavy atom. The monoisotopic (exact) mass is 268 g/mol. The summed E-state index contributed by atoms with van der Waals surface area (Å²) in [4.78, 5) is 11.8. The Morgan fingerprint density at radius 1 is 1.26 bits per heavy atom. The molecule has 4 nitrogen and oxygen atoms in total. The first-order chi connectivity index (χ1) is 9.25. The lowest BCUT2D eigenvalue weighted by Gasteiger charge is -2.23. The van der Waals surface area contributed by atoms with E-state index in [0.29, 0.717) is 31.1 Å². The van der Waals surface area contributed by atoms with Gasteiger partial charge in [-0.25, -0.2) is 0 Å². The lowest BCUT2D eigenvalue weighted by Crippen LogP contribution is -2.38. The van der Waals surface area contributed by atoms with Gasteiger partial charge in [-0.2, -0.15) is 0 Å². The zero-order valence-corrected chi connectivity index (χ0v) is 12.1. The fraction of sp³-hybridized carbons (Fsp3) is 0.933. The van der Waals surface area contributed by atoms with Crippen LogP contribution in [0, 0.1) is 5.92 Å². The summed E-state index contributed by atoms with van der Waals surface area (Å²) in [5, 5.41) is 6.44. The summed E-state index contributed by atoms with van der Waals surface area (Å²) < 4.78 is 5.76. The number of amides is 1. The molecule has 0 aromatic heterocycles. The van der Waals surface area contributed by atoms with Crippen molar-refractivity contribution in [2.24, 2.45) is 5.92 Å². The van der Waals surface area contributed by atoms with Crippen LogP contribution in [0.5, 0.6) is 0 Å². The minimum absolute atomic E-state index is 0.147. The van der Waals surface area contributed by atoms with E-state index in [0.717, 1.165) is 25.9 Å². The highest BCUT2D eigenvalue weighted by atomic mass is 16.5. The highest BCUT2D eigenvalue weighted by molar-refractivity contribution is 5.76. The van der Waals surface area contributed by atoms with E-state index in [1.54, 1.807) is 0 Å². The molecule has 2 fully saturated rings. The third-order valence-corrected chi connectivity index (χ3v) is 4.46. The molecule has 1 saturated heterocycles. The molecule has 1 unspecified atom stereocenters. The lowest BCUT2D eigenvalue weighted by molar-refractivity contribution is -0.123. The zero-order chi connectivity index (χ0) is 13.5. The average molecular weight is 268 g/mol. The number of carbonyl (C=O) groups excluding carboxylic acids is 1. The van der Waals surface area contributed by atoms with Crippen molar-refractivity contribution in [2.45, 2.75) is 64.0 Å². The highest BCUT2D eigenvalue weighted by Gasteiger charge is 2.22. The minimum atomic E-state index is 0.147. The summed E-state index contributed by atoms with van der Waals surface area (Å²) >= 11 is 0. The summed E-state index contributed by atoms with van der Waals surface area (Å²) in [6.07, 6.45) is 8.18. The van der Waals surface area contributed by atoms with Crippen molar-refractivity contribution in [1.82, 2.24) is 10.6 Å². The number of rotatable bonds is 6. The summed E-state index contributed by atoms with van der Waals surface area (Å²) in [7, 11) is 0. The fourth-order valence-electron chi connectivity index (χ4n) is 3.18. The van der Waals surface area contributed by atoms with Crippen molar-refractivity contribution in [3.8, 4) is 0 Å². The largest absolute Gasteiger partial charge is 0.378 e. The van der Waals surface area contributed by atoms with Crippen LogP contribution in [-0.4, -0.2) is 37.7 Å². The van der Waals surface area contributed by atoms with Gasteiger partial charge in [0, 0.05) is 12.5 Å². The first kappa shape index (κ1) is 14.8. The quantitative estimate of drug-likeness (QED) is 0.773. The van der Waals surface area contributed by atoms with Gasteiger partial charge in [0.1, 0.15) is 0 Å². The van der Waals surface area contributed by atoms with Crippen LogP contribution < -0.4 is 10.6 Å². The molecule has 1 aliphatic carbocycles. The molecule has 0 aromatic rings. The maximum absolute atomic E-state index is 11.8. The summed E-state index contributed by atoms with van der Waals surface area (Å²) in [6, 6.07) is 0.328. The van der Waals surface area contributed by atoms with E-state index >= 15 is 0 Å². The van der Waals surface area contributed by atoms with Gasteiger partial charge in [0.05, 0.1) is 12.7 Å². The third kappa shape index (κ3) is 5.11. The van der Waals surface area contributed by atoms with Gasteiger partial charge < -0.3 is 15.4 Å². The number of carbonyl (C=O) groups is 1. The fourth-order valence-corrected chi connectivity index (χ4v) is 3.18. The molecule has 1 heterocycles. The Hall–Kier alpha value is -0.610. The molecule has 4 heteroatoms. The molecule has 1 saturated carbocycles. The first-order valence-electron chi connectivity index (χ1n) is 7.87. The Bertz CT molecular complexity index is 271. The van der Waals surface area contributed by atoms with Gasteiger partial charge in [-0.15, -0.1) is 0 Å². The molecule has 1 aliphatic heterocycles. The maximum atomic E-state index is 11.8. The van der Waals surface area contributed by atoms with Crippen LogP contribution in [0.4, 0.5) is 0 Å². The van der Waals surface area contributed by atoms with Crippen LogP contribution in [0.25, 0.3) is 0 Å². The number of nitrogens with one attached hydrogen (secondary N) is 2. The van der Waals surface area contributed by atoms with E-state index in [9.17, 15) is 4.79 Å². The number of piperidine rings is 1. The predicted octanol–water partition coefficient (Wildman–Crippen LogP) is 1.84. The Balaban J connectivity index is 1.56. The van der Waals surface area contributed by atoms with Crippen molar-refractivity contribution < 1.29 is 9.53 Å². The van der Waals surface area contributed by atoms with Gasteiger partial charge in [0.15, 0.2) is 0 Å². The molecular weight excluding hydrogens is 240 g/mol. The topological polar surface area (TPSA) is 50.4 Å². The predicted molar refractivity (Wildman–Crippen MR) is 76.0 cm³/mol. The molecule has 0 aromatic carbocycles. The summed E-state index contributed by atoms with van der Waals surface area (Å²) in [5.41, 5.74) is 0. The molecule has 2 rings (SSSR count). The summed E-state index contributed by atoms with van der Waals surface area (Å²) in [6.45, 7) is 4.78. The van der Waals surface area contributed by atoms with Crippen molar-refractivity contribution in [3.05, 3.63) is 0 Å². The van der Waals surface area contributed by atoms with Crippen molar-refractivity contribution in [3.63, 3.8) is 0 Å². The third-order valence-electron chi connectivity index (χ3n) is 4.46. The van der Waals surface area contributed by atoms with Crippen molar-refractivity contribution in [1.29, 1.82) is 0 Å². The zero-order valence-electron chi connectivity index (χ0n) is 12.1. The van der Waals surface area contributed by atoms with Crippen molar-refractivity contribution in [2.75, 3.05) is 19.7 Å². The number of hydrogen-bond donors (Lipinski definition) is 2. The van der Waals surface area contributed by atoms with Crippen LogP contribution in [-0.2, 0) is 9.53 Å². The molecule has 2 N–H and O–H groups in total. The highest BCUT2D eigenvalue weighted by Crippen LogP contribution is 2.27. The number of ether oxygens (including phenoxy) is 1. The molecule has 19 heavy (non-hydrogen) atoms. The second kappa shape index (κ2) is 7.85. The minimum Gasteiger partial charge on any atom is -0.378 e. The van der Waals surface area contributed by atoms with E-state index < -0.39 is 0 Å². The molecule has 0 spiro atoms. The van der Waals surface area contributed by atoms with E-state index in [1.807, 2.05) is 0 Å². The molecule has 1 atom stereocenters. The molecule has 2 aliphatic rings. The van der Waals surface area contributed by atoms with Gasteiger partial charge in [0.25, 0.3) is 0 Å². The van der Waals surface area contributed by atoms with Gasteiger partial charge in [0.2, 0.25) is 5.91 Å². The van der Waals surface area contributed by atoms with Crippen molar-refractivity contribution >= 4 is 5.91 Å². The summed E-state index contributed by atoms with van der Waals surface area (Å²) in [5.74, 6) is 0.836. The molecule has 0 bridgehead atoms. The average Bonchev–Trinajstić information content (AvgIpc) is 2.94. The molecular formula is C15H28N2O2. The Kier molecular flexibility index (Phi) is 6.11. The first-order valence-corrected chi connectivity index (χ1v) is 7.87. The van der Waals surface area contributed by atoms with Crippen LogP contribution in [0.2, 0.25) is 0 Å². The van der Waals surface area contributed by atoms with Crippen LogP contribution in [0.15, 0.2) is 0 Å². The van der Waals surface area contributed by atoms with E-state index in [1.165, 1.54) is 25.7 Å².